The molecule has 0 unspecified atom stereocenters. The van der Waals surface area contributed by atoms with Crippen molar-refractivity contribution in [3.63, 3.8) is 0 Å². The van der Waals surface area contributed by atoms with Crippen LogP contribution >= 0.6 is 0 Å². The predicted molar refractivity (Wildman–Crippen MR) is 63.5 cm³/mol. The number of nitrogens with one attached hydrogen (secondary N) is 1. The van der Waals surface area contributed by atoms with E-state index in [9.17, 15) is 0 Å². The molecule has 1 aromatic carbocycles. The second-order valence-electron chi connectivity index (χ2n) is 4.84. The largest absolute Gasteiger partial charge is 0.491 e. The highest BCUT2D eigenvalue weighted by Crippen LogP contribution is 2.39. The van der Waals surface area contributed by atoms with Gasteiger partial charge in [0.2, 0.25) is 0 Å². The number of benzene rings is 1. The summed E-state index contributed by atoms with van der Waals surface area (Å²) in [6, 6.07) is 8.17. The number of hydrogen-bond donors (Lipinski definition) is 2. The van der Waals surface area contributed by atoms with Gasteiger partial charge in [0.15, 0.2) is 0 Å². The topological polar surface area (TPSA) is 47.3 Å². The standard InChI is InChI=1S/C13H18N2O/c14-12-10-5-1-2-6-11(10)16-9-13(12)7-3-4-8-15-13/h1-2,5-6,12,15H,3-4,7-9,14H2/t12-,13-/m1/s1. The molecule has 2 heterocycles. The molecule has 0 aromatic heterocycles. The Morgan fingerprint density at radius 2 is 2.19 bits per heavy atom. The summed E-state index contributed by atoms with van der Waals surface area (Å²) >= 11 is 0. The summed E-state index contributed by atoms with van der Waals surface area (Å²) in [5.41, 5.74) is 7.52. The van der Waals surface area contributed by atoms with Crippen LogP contribution in [0.15, 0.2) is 24.3 Å². The van der Waals surface area contributed by atoms with E-state index in [1.807, 2.05) is 18.2 Å². The first-order chi connectivity index (χ1) is 7.82. The van der Waals surface area contributed by atoms with E-state index in [-0.39, 0.29) is 11.6 Å². The van der Waals surface area contributed by atoms with Gasteiger partial charge in [0.25, 0.3) is 0 Å². The van der Waals surface area contributed by atoms with Crippen LogP contribution in [0.2, 0.25) is 0 Å². The highest BCUT2D eigenvalue weighted by Gasteiger charge is 2.43. The molecule has 3 rings (SSSR count). The van der Waals surface area contributed by atoms with Crippen LogP contribution in [-0.4, -0.2) is 18.7 Å². The van der Waals surface area contributed by atoms with Gasteiger partial charge in [-0.1, -0.05) is 24.6 Å². The van der Waals surface area contributed by atoms with Crippen LogP contribution < -0.4 is 15.8 Å². The highest BCUT2D eigenvalue weighted by molar-refractivity contribution is 5.40. The average Bonchev–Trinajstić information content (AvgIpc) is 2.36. The third-order valence-electron chi connectivity index (χ3n) is 3.86. The van der Waals surface area contributed by atoms with Crippen molar-refractivity contribution in [3.05, 3.63) is 29.8 Å². The van der Waals surface area contributed by atoms with Gasteiger partial charge in [0, 0.05) is 5.56 Å². The van der Waals surface area contributed by atoms with Gasteiger partial charge in [0.05, 0.1) is 11.6 Å². The molecule has 0 radical (unpaired) electrons. The van der Waals surface area contributed by atoms with E-state index in [0.29, 0.717) is 6.61 Å². The first-order valence-electron chi connectivity index (χ1n) is 6.04. The maximum atomic E-state index is 6.41. The molecule has 1 fully saturated rings. The van der Waals surface area contributed by atoms with Crippen molar-refractivity contribution in [2.75, 3.05) is 13.2 Å². The summed E-state index contributed by atoms with van der Waals surface area (Å²) in [5.74, 6) is 0.952. The van der Waals surface area contributed by atoms with Crippen LogP contribution in [0.5, 0.6) is 5.75 Å². The van der Waals surface area contributed by atoms with Gasteiger partial charge in [-0.15, -0.1) is 0 Å². The molecule has 0 aliphatic carbocycles. The molecule has 1 aromatic rings. The second kappa shape index (κ2) is 3.75. The quantitative estimate of drug-likeness (QED) is 0.695. The summed E-state index contributed by atoms with van der Waals surface area (Å²) in [6.45, 7) is 1.75. The smallest absolute Gasteiger partial charge is 0.124 e. The van der Waals surface area contributed by atoms with Crippen LogP contribution in [-0.2, 0) is 0 Å². The molecular formula is C13H18N2O. The minimum atomic E-state index is -0.0351. The normalized spacial score (nSPS) is 33.2. The summed E-state index contributed by atoms with van der Waals surface area (Å²) < 4.78 is 5.84. The molecule has 2 aliphatic heterocycles. The van der Waals surface area contributed by atoms with E-state index in [1.54, 1.807) is 0 Å². The van der Waals surface area contributed by atoms with Crippen LogP contribution in [0, 0.1) is 0 Å². The molecule has 3 N–H and O–H groups in total. The van der Waals surface area contributed by atoms with Gasteiger partial charge >= 0.3 is 0 Å². The number of ether oxygens (including phenoxy) is 1. The van der Waals surface area contributed by atoms with Gasteiger partial charge in [-0.25, -0.2) is 0 Å². The van der Waals surface area contributed by atoms with Gasteiger partial charge in [-0.05, 0) is 25.5 Å². The number of fused-ring (bicyclic) bond motifs is 1. The maximum absolute atomic E-state index is 6.41. The molecule has 3 nitrogen and oxygen atoms in total. The Hall–Kier alpha value is -1.06. The lowest BCUT2D eigenvalue weighted by molar-refractivity contribution is 0.0995. The number of para-hydroxylation sites is 1. The fourth-order valence-corrected chi connectivity index (χ4v) is 2.84. The zero-order chi connectivity index (χ0) is 11.0. The Labute approximate surface area is 96.0 Å². The third-order valence-corrected chi connectivity index (χ3v) is 3.86. The van der Waals surface area contributed by atoms with Crippen molar-refractivity contribution < 1.29 is 4.74 Å². The Kier molecular flexibility index (Phi) is 2.37. The SMILES string of the molecule is N[C@@H]1c2ccccc2OC[C@]12CCCCN2. The van der Waals surface area contributed by atoms with Crippen molar-refractivity contribution in [1.82, 2.24) is 5.32 Å². The molecule has 2 aliphatic rings. The Balaban J connectivity index is 1.96. The van der Waals surface area contributed by atoms with Crippen LogP contribution in [0.1, 0.15) is 30.9 Å². The van der Waals surface area contributed by atoms with Crippen LogP contribution in [0.4, 0.5) is 0 Å². The minimum Gasteiger partial charge on any atom is -0.491 e. The van der Waals surface area contributed by atoms with Crippen molar-refractivity contribution in [2.45, 2.75) is 30.8 Å². The maximum Gasteiger partial charge on any atom is 0.124 e. The fourth-order valence-electron chi connectivity index (χ4n) is 2.84. The summed E-state index contributed by atoms with van der Waals surface area (Å²) in [6.07, 6.45) is 3.60. The second-order valence-corrected chi connectivity index (χ2v) is 4.84. The zero-order valence-corrected chi connectivity index (χ0v) is 9.41. The predicted octanol–water partition coefficient (Wildman–Crippen LogP) is 1.59. The summed E-state index contributed by atoms with van der Waals surface area (Å²) in [4.78, 5) is 0. The highest BCUT2D eigenvalue weighted by atomic mass is 16.5. The van der Waals surface area contributed by atoms with E-state index < -0.39 is 0 Å². The monoisotopic (exact) mass is 218 g/mol. The average molecular weight is 218 g/mol. The molecule has 1 spiro atoms. The van der Waals surface area contributed by atoms with Gasteiger partial charge in [0.1, 0.15) is 12.4 Å². The lowest BCUT2D eigenvalue weighted by atomic mass is 9.78. The van der Waals surface area contributed by atoms with E-state index in [0.717, 1.165) is 24.3 Å². The van der Waals surface area contributed by atoms with Gasteiger partial charge in [-0.3, -0.25) is 0 Å². The fraction of sp³-hybridized carbons (Fsp3) is 0.538. The third kappa shape index (κ3) is 1.43. The Morgan fingerprint density at radius 3 is 3.00 bits per heavy atom. The molecule has 3 heteroatoms. The van der Waals surface area contributed by atoms with Crippen molar-refractivity contribution in [3.8, 4) is 5.75 Å². The molecular weight excluding hydrogens is 200 g/mol. The lowest BCUT2D eigenvalue weighted by Crippen LogP contribution is -2.60. The summed E-state index contributed by atoms with van der Waals surface area (Å²) in [7, 11) is 0. The zero-order valence-electron chi connectivity index (χ0n) is 9.41. The van der Waals surface area contributed by atoms with E-state index in [2.05, 4.69) is 11.4 Å². The number of hydrogen-bond acceptors (Lipinski definition) is 3. The first kappa shape index (κ1) is 10.1. The van der Waals surface area contributed by atoms with Crippen molar-refractivity contribution in [2.24, 2.45) is 5.73 Å². The Bertz CT molecular complexity index is 385. The lowest BCUT2D eigenvalue weighted by Gasteiger charge is -2.46. The van der Waals surface area contributed by atoms with Gasteiger partial charge < -0.3 is 15.8 Å². The molecule has 1 saturated heterocycles. The van der Waals surface area contributed by atoms with Crippen molar-refractivity contribution >= 4 is 0 Å². The molecule has 0 saturated carbocycles. The first-order valence-corrected chi connectivity index (χ1v) is 6.04. The van der Waals surface area contributed by atoms with Crippen LogP contribution in [0.25, 0.3) is 0 Å². The molecule has 0 amide bonds. The van der Waals surface area contributed by atoms with Crippen molar-refractivity contribution in [1.29, 1.82) is 0 Å². The summed E-state index contributed by atoms with van der Waals surface area (Å²) in [5, 5.41) is 3.58. The number of rotatable bonds is 0. The Morgan fingerprint density at radius 1 is 1.31 bits per heavy atom. The number of piperidine rings is 1. The van der Waals surface area contributed by atoms with E-state index >= 15 is 0 Å². The molecule has 0 bridgehead atoms. The molecule has 2 atom stereocenters. The van der Waals surface area contributed by atoms with E-state index in [4.69, 9.17) is 10.5 Å². The van der Waals surface area contributed by atoms with E-state index in [1.165, 1.54) is 12.8 Å². The molecule has 86 valence electrons. The minimum absolute atomic E-state index is 0.0351. The number of nitrogens with two attached hydrogens (primary N) is 1. The molecule has 16 heavy (non-hydrogen) atoms. The van der Waals surface area contributed by atoms with Crippen LogP contribution in [0.3, 0.4) is 0 Å². The van der Waals surface area contributed by atoms with Gasteiger partial charge in [-0.2, -0.15) is 0 Å².